The lowest BCUT2D eigenvalue weighted by molar-refractivity contribution is -0.216. The third-order valence-electron chi connectivity index (χ3n) is 14.9. The molecule has 0 unspecified atom stereocenters. The van der Waals surface area contributed by atoms with Gasteiger partial charge in [-0.2, -0.15) is 0 Å². The number of rotatable bonds is 7. The van der Waals surface area contributed by atoms with Crippen LogP contribution in [0.2, 0.25) is 0 Å². The second-order valence-corrected chi connectivity index (χ2v) is 17.4. The van der Waals surface area contributed by atoms with Gasteiger partial charge < -0.3 is 19.3 Å². The van der Waals surface area contributed by atoms with Crippen LogP contribution in [0.1, 0.15) is 105 Å². The van der Waals surface area contributed by atoms with Crippen LogP contribution in [0.25, 0.3) is 0 Å². The molecule has 1 aromatic rings. The number of fused-ring (bicyclic) bond motifs is 7. The van der Waals surface area contributed by atoms with Crippen molar-refractivity contribution in [1.29, 1.82) is 0 Å². The lowest BCUT2D eigenvalue weighted by atomic mass is 9.33. The molecule has 258 valence electrons. The predicted octanol–water partition coefficient (Wildman–Crippen LogP) is 7.24. The Kier molecular flexibility index (Phi) is 8.64. The number of hydrogen-bond acceptors (Lipinski definition) is 7. The molecule has 4 fully saturated rings. The lowest BCUT2D eigenvalue weighted by Crippen LogP contribution is -2.67. The van der Waals surface area contributed by atoms with Gasteiger partial charge in [-0.1, -0.05) is 70.5 Å². The molecule has 10 atom stereocenters. The molecule has 0 heterocycles. The van der Waals surface area contributed by atoms with Crippen molar-refractivity contribution in [3.63, 3.8) is 0 Å². The number of hydrogen-bond donors (Lipinski definition) is 1. The second kappa shape index (κ2) is 11.8. The third kappa shape index (κ3) is 5.24. The van der Waals surface area contributed by atoms with Crippen molar-refractivity contribution in [3.05, 3.63) is 47.5 Å². The smallest absolute Gasteiger partial charge is 0.331 e. The van der Waals surface area contributed by atoms with Crippen LogP contribution in [0.3, 0.4) is 0 Å². The van der Waals surface area contributed by atoms with Crippen molar-refractivity contribution in [2.24, 2.45) is 50.2 Å². The Bertz CT molecular complexity index is 1440. The fourth-order valence-electron chi connectivity index (χ4n) is 11.7. The topological polar surface area (TPSA) is 99.1 Å². The predicted molar refractivity (Wildman–Crippen MR) is 179 cm³/mol. The van der Waals surface area contributed by atoms with Crippen molar-refractivity contribution < 1.29 is 33.7 Å². The molecular weight excluding hydrogens is 592 g/mol. The van der Waals surface area contributed by atoms with Crippen LogP contribution in [-0.4, -0.2) is 49.3 Å². The van der Waals surface area contributed by atoms with Crippen LogP contribution in [0.4, 0.5) is 0 Å². The highest BCUT2D eigenvalue weighted by atomic mass is 16.6. The summed E-state index contributed by atoms with van der Waals surface area (Å²) in [5, 5.41) is 11.4. The Labute approximate surface area is 281 Å². The van der Waals surface area contributed by atoms with E-state index in [-0.39, 0.29) is 71.0 Å². The average molecular weight is 649 g/mol. The van der Waals surface area contributed by atoms with Crippen LogP contribution >= 0.6 is 0 Å². The van der Waals surface area contributed by atoms with Gasteiger partial charge in [-0.05, 0) is 110 Å². The largest absolute Gasteiger partial charge is 0.467 e. The van der Waals surface area contributed by atoms with Crippen molar-refractivity contribution in [3.8, 4) is 0 Å². The number of carbonyl (C=O) groups is 3. The fraction of sp³-hybridized carbons (Fsp3) is 0.725. The molecule has 5 aliphatic carbocycles. The molecule has 6 rings (SSSR count). The molecule has 0 aliphatic heterocycles. The van der Waals surface area contributed by atoms with Gasteiger partial charge in [0.05, 0.1) is 25.2 Å². The van der Waals surface area contributed by atoms with Gasteiger partial charge in [0.2, 0.25) is 0 Å². The van der Waals surface area contributed by atoms with Gasteiger partial charge in [0, 0.05) is 11.3 Å². The summed E-state index contributed by atoms with van der Waals surface area (Å²) in [5.74, 6) is -0.317. The van der Waals surface area contributed by atoms with Crippen LogP contribution < -0.4 is 0 Å². The van der Waals surface area contributed by atoms with Gasteiger partial charge in [-0.15, -0.1) is 0 Å². The quantitative estimate of drug-likeness (QED) is 0.311. The SMILES string of the molecule is COC(=O)COC[C@@]1(C)[C@@H]2CC[C@]3(C)[C@H](C(=O)C=C4[C@@H]5C[C@@](C)(C(=O)OCc6ccccc6)CC[C@]5(C)CC[C@]43C)[C@@]2(C)CC[C@@H]1O. The van der Waals surface area contributed by atoms with E-state index in [1.165, 1.54) is 12.7 Å². The van der Waals surface area contributed by atoms with Crippen LogP contribution in [-0.2, 0) is 35.2 Å². The molecule has 0 radical (unpaired) electrons. The summed E-state index contributed by atoms with van der Waals surface area (Å²) in [7, 11) is 1.35. The zero-order valence-corrected chi connectivity index (χ0v) is 29.7. The maximum atomic E-state index is 14.7. The van der Waals surface area contributed by atoms with E-state index in [1.54, 1.807) is 0 Å². The molecule has 0 aromatic heterocycles. The van der Waals surface area contributed by atoms with E-state index in [0.29, 0.717) is 12.8 Å². The summed E-state index contributed by atoms with van der Waals surface area (Å²) in [4.78, 5) is 40.3. The summed E-state index contributed by atoms with van der Waals surface area (Å²) in [6.45, 7) is 14.0. The Balaban J connectivity index is 1.30. The fourth-order valence-corrected chi connectivity index (χ4v) is 11.7. The molecule has 0 spiro atoms. The average Bonchev–Trinajstić information content (AvgIpc) is 3.04. The minimum Gasteiger partial charge on any atom is -0.467 e. The van der Waals surface area contributed by atoms with Crippen LogP contribution in [0.5, 0.6) is 0 Å². The molecule has 7 heteroatoms. The van der Waals surface area contributed by atoms with Gasteiger partial charge in [0.1, 0.15) is 13.2 Å². The van der Waals surface area contributed by atoms with Crippen molar-refractivity contribution in [2.75, 3.05) is 20.3 Å². The van der Waals surface area contributed by atoms with Gasteiger partial charge in [0.25, 0.3) is 0 Å². The van der Waals surface area contributed by atoms with E-state index in [9.17, 15) is 19.5 Å². The number of ketones is 1. The van der Waals surface area contributed by atoms with Crippen molar-refractivity contribution in [2.45, 2.75) is 112 Å². The molecule has 1 aromatic carbocycles. The Hall–Kier alpha value is -2.51. The first-order chi connectivity index (χ1) is 22.1. The van der Waals surface area contributed by atoms with Gasteiger partial charge in [-0.25, -0.2) is 4.79 Å². The summed E-state index contributed by atoms with van der Waals surface area (Å²) in [5.41, 5.74) is 0.361. The van der Waals surface area contributed by atoms with Gasteiger partial charge in [-0.3, -0.25) is 9.59 Å². The first kappa shape index (κ1) is 34.4. The van der Waals surface area contributed by atoms with Gasteiger partial charge >= 0.3 is 11.9 Å². The Morgan fingerprint density at radius 2 is 1.62 bits per heavy atom. The molecule has 4 saturated carbocycles. The highest BCUT2D eigenvalue weighted by Gasteiger charge is 2.70. The zero-order chi connectivity index (χ0) is 34.0. The molecule has 0 saturated heterocycles. The Morgan fingerprint density at radius 1 is 0.915 bits per heavy atom. The minimum absolute atomic E-state index is 0.0413. The molecule has 7 nitrogen and oxygen atoms in total. The van der Waals surface area contributed by atoms with E-state index in [1.807, 2.05) is 36.4 Å². The normalized spacial score (nSPS) is 44.2. The number of allylic oxidation sites excluding steroid dienone is 2. The molecule has 0 amide bonds. The van der Waals surface area contributed by atoms with E-state index >= 15 is 0 Å². The highest BCUT2D eigenvalue weighted by Crippen LogP contribution is 2.75. The molecule has 5 aliphatic rings. The number of aliphatic hydroxyl groups excluding tert-OH is 1. The van der Waals surface area contributed by atoms with E-state index < -0.39 is 22.9 Å². The summed E-state index contributed by atoms with van der Waals surface area (Å²) in [6.07, 6.45) is 9.16. The lowest BCUT2D eigenvalue weighted by Gasteiger charge is -2.70. The number of ether oxygens (including phenoxy) is 3. The third-order valence-corrected chi connectivity index (χ3v) is 14.9. The van der Waals surface area contributed by atoms with E-state index in [2.05, 4.69) is 41.5 Å². The maximum Gasteiger partial charge on any atom is 0.331 e. The monoisotopic (exact) mass is 648 g/mol. The molecule has 0 bridgehead atoms. The molecule has 1 N–H and O–H groups in total. The van der Waals surface area contributed by atoms with Crippen molar-refractivity contribution in [1.82, 2.24) is 0 Å². The molecule has 47 heavy (non-hydrogen) atoms. The van der Waals surface area contributed by atoms with Crippen LogP contribution in [0.15, 0.2) is 42.0 Å². The van der Waals surface area contributed by atoms with E-state index in [0.717, 1.165) is 50.5 Å². The number of benzene rings is 1. The molecular formula is C40H56O7. The second-order valence-electron chi connectivity index (χ2n) is 17.4. The van der Waals surface area contributed by atoms with E-state index in [4.69, 9.17) is 14.2 Å². The summed E-state index contributed by atoms with van der Waals surface area (Å²) < 4.78 is 16.6. The summed E-state index contributed by atoms with van der Waals surface area (Å²) >= 11 is 0. The zero-order valence-electron chi connectivity index (χ0n) is 29.7. The first-order valence-corrected chi connectivity index (χ1v) is 17.9. The highest BCUT2D eigenvalue weighted by molar-refractivity contribution is 5.95. The number of aliphatic hydroxyl groups is 1. The first-order valence-electron chi connectivity index (χ1n) is 17.9. The summed E-state index contributed by atoms with van der Waals surface area (Å²) in [6, 6.07) is 9.85. The standard InChI is InChI=1S/C40H56O7/c1-35-17-18-36(2,34(44)47-23-26-11-9-8-10-12-26)22-28(35)27-21-29(41)33-37(3)15-14-31(42)38(4,25-46-24-32(43)45-7)30(37)13-16-40(33,6)39(27,5)20-19-35/h8-12,21,28,30-31,33,42H,13-20,22-25H2,1-7H3/t28-,30+,31-,33+,35+,36-,37-,38-,39+,40+/m0/s1. The number of carbonyl (C=O) groups excluding carboxylic acids is 3. The number of esters is 2. The van der Waals surface area contributed by atoms with Crippen LogP contribution in [0, 0.1) is 50.2 Å². The minimum atomic E-state index is -0.603. The number of methoxy groups -OCH3 is 1. The maximum absolute atomic E-state index is 14.7. The van der Waals surface area contributed by atoms with Crippen molar-refractivity contribution >= 4 is 17.7 Å². The Morgan fingerprint density at radius 3 is 2.32 bits per heavy atom. The van der Waals surface area contributed by atoms with Gasteiger partial charge in [0.15, 0.2) is 5.78 Å².